The Bertz CT molecular complexity index is 275. The maximum atomic E-state index is 11.5. The third-order valence-corrected chi connectivity index (χ3v) is 2.69. The molecule has 0 rings (SSSR count). The topological polar surface area (TPSA) is 78.9 Å². The van der Waals surface area contributed by atoms with Gasteiger partial charge in [0.05, 0.1) is 27.2 Å². The van der Waals surface area contributed by atoms with Gasteiger partial charge in [-0.2, -0.15) is 0 Å². The number of ether oxygens (including phenoxy) is 3. The molecule has 1 unspecified atom stereocenters. The third-order valence-electron chi connectivity index (χ3n) is 2.24. The Labute approximate surface area is 108 Å². The van der Waals surface area contributed by atoms with Gasteiger partial charge in [-0.3, -0.25) is 14.4 Å². The van der Waals surface area contributed by atoms with E-state index >= 15 is 0 Å². The van der Waals surface area contributed by atoms with E-state index in [1.54, 1.807) is 0 Å². The third kappa shape index (κ3) is 4.33. The molecule has 0 saturated carbocycles. The molecule has 0 bridgehead atoms. The van der Waals surface area contributed by atoms with Crippen molar-refractivity contribution in [1.82, 2.24) is 0 Å². The predicted octanol–water partition coefficient (Wildman–Crippen LogP) is 0.523. The van der Waals surface area contributed by atoms with E-state index in [9.17, 15) is 14.4 Å². The Morgan fingerprint density at radius 1 is 0.941 bits per heavy atom. The Hall–Kier alpha value is -1.11. The van der Waals surface area contributed by atoms with E-state index in [0.29, 0.717) is 5.33 Å². The zero-order valence-corrected chi connectivity index (χ0v) is 11.5. The summed E-state index contributed by atoms with van der Waals surface area (Å²) in [7, 11) is 3.47. The van der Waals surface area contributed by atoms with Crippen LogP contribution in [0.2, 0.25) is 0 Å². The maximum absolute atomic E-state index is 11.5. The number of alkyl halides is 1. The van der Waals surface area contributed by atoms with Crippen molar-refractivity contribution in [3.8, 4) is 0 Å². The second-order valence-electron chi connectivity index (χ2n) is 3.13. The van der Waals surface area contributed by atoms with Crippen LogP contribution in [-0.4, -0.2) is 44.6 Å². The first-order valence-corrected chi connectivity index (χ1v) is 5.95. The van der Waals surface area contributed by atoms with Crippen molar-refractivity contribution < 1.29 is 28.6 Å². The number of esters is 3. The molecule has 6 nitrogen and oxygen atoms in total. The Balaban J connectivity index is 5.13. The predicted molar refractivity (Wildman–Crippen MR) is 61.4 cm³/mol. The maximum Gasteiger partial charge on any atom is 0.320 e. The van der Waals surface area contributed by atoms with Gasteiger partial charge in [0.2, 0.25) is 0 Å². The van der Waals surface area contributed by atoms with Gasteiger partial charge in [-0.05, 0) is 6.42 Å². The fourth-order valence-electron chi connectivity index (χ4n) is 1.37. The van der Waals surface area contributed by atoms with Crippen molar-refractivity contribution in [3.63, 3.8) is 0 Å². The highest BCUT2D eigenvalue weighted by atomic mass is 79.9. The normalized spacial score (nSPS) is 11.8. The molecule has 0 fully saturated rings. The summed E-state index contributed by atoms with van der Waals surface area (Å²) in [5, 5.41) is 0.442. The van der Waals surface area contributed by atoms with Crippen LogP contribution in [-0.2, 0) is 28.6 Å². The van der Waals surface area contributed by atoms with Gasteiger partial charge in [0.1, 0.15) is 0 Å². The van der Waals surface area contributed by atoms with Gasteiger partial charge in [-0.25, -0.2) is 0 Å². The minimum atomic E-state index is -1.30. The van der Waals surface area contributed by atoms with Crippen LogP contribution in [0.3, 0.4) is 0 Å². The smallest absolute Gasteiger partial charge is 0.320 e. The molecule has 1 atom stereocenters. The van der Waals surface area contributed by atoms with Crippen molar-refractivity contribution in [2.24, 2.45) is 11.8 Å². The molecule has 0 aliphatic heterocycles. The van der Waals surface area contributed by atoms with Gasteiger partial charge >= 0.3 is 17.9 Å². The molecule has 0 amide bonds. The van der Waals surface area contributed by atoms with Crippen molar-refractivity contribution in [2.45, 2.75) is 6.42 Å². The Morgan fingerprint density at radius 3 is 1.65 bits per heavy atom. The van der Waals surface area contributed by atoms with Crippen molar-refractivity contribution in [1.29, 1.82) is 0 Å². The summed E-state index contributed by atoms with van der Waals surface area (Å²) < 4.78 is 13.5. The van der Waals surface area contributed by atoms with E-state index in [1.807, 2.05) is 0 Å². The lowest BCUT2D eigenvalue weighted by atomic mass is 9.90. The second kappa shape index (κ2) is 8.05. The standard InChI is InChI=1S/C10H15BrO6/c1-15-8(12)6(4-5-11)7(9(13)16-2)10(14)17-3/h6-7H,4-5H2,1-3H3. The molecule has 0 N–H and O–H groups in total. The van der Waals surface area contributed by atoms with Crippen LogP contribution < -0.4 is 0 Å². The summed E-state index contributed by atoms with van der Waals surface area (Å²) in [5.41, 5.74) is 0. The largest absolute Gasteiger partial charge is 0.469 e. The molecule has 0 saturated heterocycles. The SMILES string of the molecule is COC(=O)C(CCBr)C(C(=O)OC)C(=O)OC. The van der Waals surface area contributed by atoms with Crippen molar-refractivity contribution in [2.75, 3.05) is 26.7 Å². The lowest BCUT2D eigenvalue weighted by Crippen LogP contribution is -2.38. The van der Waals surface area contributed by atoms with E-state index in [-0.39, 0.29) is 6.42 Å². The van der Waals surface area contributed by atoms with Gasteiger partial charge < -0.3 is 14.2 Å². The average molecular weight is 311 g/mol. The summed E-state index contributed by atoms with van der Waals surface area (Å²) in [6.45, 7) is 0. The molecule has 0 heterocycles. The van der Waals surface area contributed by atoms with Gasteiger partial charge in [-0.15, -0.1) is 0 Å². The van der Waals surface area contributed by atoms with Gasteiger partial charge in [0, 0.05) is 5.33 Å². The first-order chi connectivity index (χ1) is 8.03. The fraction of sp³-hybridized carbons (Fsp3) is 0.700. The molecule has 17 heavy (non-hydrogen) atoms. The van der Waals surface area contributed by atoms with Crippen LogP contribution in [0.25, 0.3) is 0 Å². The monoisotopic (exact) mass is 310 g/mol. The van der Waals surface area contributed by atoms with E-state index in [4.69, 9.17) is 0 Å². The first-order valence-electron chi connectivity index (χ1n) is 4.82. The number of rotatable bonds is 6. The number of hydrogen-bond donors (Lipinski definition) is 0. The molecule has 0 aliphatic carbocycles. The number of halogens is 1. The number of methoxy groups -OCH3 is 3. The molecule has 0 aromatic carbocycles. The highest BCUT2D eigenvalue weighted by Gasteiger charge is 2.41. The molecule has 7 heteroatoms. The summed E-state index contributed by atoms with van der Waals surface area (Å²) in [4.78, 5) is 34.5. The number of carbonyl (C=O) groups excluding carboxylic acids is 3. The van der Waals surface area contributed by atoms with Crippen LogP contribution >= 0.6 is 15.9 Å². The Morgan fingerprint density at radius 2 is 1.35 bits per heavy atom. The molecule has 98 valence electrons. The van der Waals surface area contributed by atoms with Crippen LogP contribution in [0.5, 0.6) is 0 Å². The molecule has 0 spiro atoms. The molecule has 0 radical (unpaired) electrons. The van der Waals surface area contributed by atoms with E-state index in [0.717, 1.165) is 14.2 Å². The molecule has 0 aromatic rings. The van der Waals surface area contributed by atoms with Gasteiger partial charge in [0.25, 0.3) is 0 Å². The van der Waals surface area contributed by atoms with E-state index < -0.39 is 29.7 Å². The van der Waals surface area contributed by atoms with Crippen LogP contribution in [0.1, 0.15) is 6.42 Å². The zero-order valence-electron chi connectivity index (χ0n) is 9.90. The summed E-state index contributed by atoms with van der Waals surface area (Å²) >= 11 is 3.15. The summed E-state index contributed by atoms with van der Waals surface area (Å²) in [6, 6.07) is 0. The van der Waals surface area contributed by atoms with E-state index in [1.165, 1.54) is 7.11 Å². The first kappa shape index (κ1) is 15.9. The number of carbonyl (C=O) groups is 3. The van der Waals surface area contributed by atoms with Gasteiger partial charge in [0.15, 0.2) is 5.92 Å². The molecule has 0 aromatic heterocycles. The quantitative estimate of drug-likeness (QED) is 0.308. The molecule has 0 aliphatic rings. The van der Waals surface area contributed by atoms with Gasteiger partial charge in [-0.1, -0.05) is 15.9 Å². The Kier molecular flexibility index (Phi) is 7.53. The van der Waals surface area contributed by atoms with Crippen molar-refractivity contribution in [3.05, 3.63) is 0 Å². The average Bonchev–Trinajstić information content (AvgIpc) is 2.36. The highest BCUT2D eigenvalue weighted by molar-refractivity contribution is 9.09. The van der Waals surface area contributed by atoms with Crippen molar-refractivity contribution >= 4 is 33.8 Å². The molecular weight excluding hydrogens is 296 g/mol. The lowest BCUT2D eigenvalue weighted by Gasteiger charge is -2.20. The minimum absolute atomic E-state index is 0.265. The summed E-state index contributed by atoms with van der Waals surface area (Å²) in [6.07, 6.45) is 0.265. The summed E-state index contributed by atoms with van der Waals surface area (Å²) in [5.74, 6) is -4.49. The van der Waals surface area contributed by atoms with E-state index in [2.05, 4.69) is 30.1 Å². The zero-order chi connectivity index (χ0) is 13.4. The lowest BCUT2D eigenvalue weighted by molar-refractivity contribution is -0.168. The molecular formula is C10H15BrO6. The second-order valence-corrected chi connectivity index (χ2v) is 3.92. The van der Waals surface area contributed by atoms with Crippen LogP contribution in [0.4, 0.5) is 0 Å². The van der Waals surface area contributed by atoms with Crippen LogP contribution in [0.15, 0.2) is 0 Å². The number of hydrogen-bond acceptors (Lipinski definition) is 6. The van der Waals surface area contributed by atoms with Crippen LogP contribution in [0, 0.1) is 11.8 Å². The minimum Gasteiger partial charge on any atom is -0.469 e. The highest BCUT2D eigenvalue weighted by Crippen LogP contribution is 2.22. The fourth-order valence-corrected chi connectivity index (χ4v) is 1.86.